The average Bonchev–Trinajstić information content (AvgIpc) is 3.73. The molecule has 0 radical (unpaired) electrons. The number of anilines is 2. The van der Waals surface area contributed by atoms with Crippen LogP contribution in [0.25, 0.3) is 10.2 Å². The maximum Gasteiger partial charge on any atom is 0.274 e. The second kappa shape index (κ2) is 16.1. The minimum Gasteiger partial charge on any atom is -0.386 e. The van der Waals surface area contributed by atoms with E-state index >= 15 is 0 Å². The Balaban J connectivity index is 0.803. The summed E-state index contributed by atoms with van der Waals surface area (Å²) in [5.41, 5.74) is 2.36. The van der Waals surface area contributed by atoms with Crippen molar-refractivity contribution in [2.24, 2.45) is 11.8 Å². The van der Waals surface area contributed by atoms with Crippen LogP contribution in [0.2, 0.25) is 0 Å². The molecule has 2 aromatic heterocycles. The van der Waals surface area contributed by atoms with Crippen molar-refractivity contribution in [2.45, 2.75) is 89.2 Å². The Morgan fingerprint density at radius 1 is 0.930 bits per heavy atom. The second-order valence-corrected chi connectivity index (χ2v) is 17.6. The van der Waals surface area contributed by atoms with Gasteiger partial charge in [-0.2, -0.15) is 0 Å². The zero-order valence-corrected chi connectivity index (χ0v) is 33.2. The van der Waals surface area contributed by atoms with Crippen molar-refractivity contribution >= 4 is 62.5 Å². The number of aliphatic hydroxyl groups is 1. The van der Waals surface area contributed by atoms with Crippen molar-refractivity contribution in [3.63, 3.8) is 0 Å². The first-order valence-electron chi connectivity index (χ1n) is 20.1. The van der Waals surface area contributed by atoms with E-state index in [1.54, 1.807) is 61.7 Å². The molecule has 0 spiro atoms. The zero-order chi connectivity index (χ0) is 39.8. The van der Waals surface area contributed by atoms with Gasteiger partial charge in [0.05, 0.1) is 32.0 Å². The first-order chi connectivity index (χ1) is 27.4. The van der Waals surface area contributed by atoms with Gasteiger partial charge in [-0.25, -0.2) is 4.98 Å². The van der Waals surface area contributed by atoms with Crippen LogP contribution in [-0.4, -0.2) is 86.6 Å². The van der Waals surface area contributed by atoms with Crippen molar-refractivity contribution in [1.82, 2.24) is 25.1 Å². The van der Waals surface area contributed by atoms with Gasteiger partial charge in [0.15, 0.2) is 0 Å². The fourth-order valence-electron chi connectivity index (χ4n) is 8.95. The van der Waals surface area contributed by atoms with Crippen molar-refractivity contribution in [2.75, 3.05) is 36.8 Å². The smallest absolute Gasteiger partial charge is 0.274 e. The third-order valence-electron chi connectivity index (χ3n) is 12.1. The highest BCUT2D eigenvalue weighted by atomic mass is 32.1. The minimum atomic E-state index is -1.17. The largest absolute Gasteiger partial charge is 0.386 e. The Bertz CT molecular complexity index is 2200. The van der Waals surface area contributed by atoms with Crippen molar-refractivity contribution in [3.8, 4) is 0 Å². The molecular weight excluding hydrogens is 743 g/mol. The SMILES string of the molecule is CC(C)(O)c1cc2nc([C@H]3CC[C@H](CN4CCC(CCNc5cccc6c5C(=O)N(C5CCC(=O)NC5=O)C6=O)CC4)CC3)sc2cc1NC(=O)c1ccccn1. The topological polar surface area (TPSA) is 174 Å². The van der Waals surface area contributed by atoms with Crippen LogP contribution in [0.15, 0.2) is 54.7 Å². The number of carbonyl (C=O) groups excluding carboxylic acids is 5. The zero-order valence-electron chi connectivity index (χ0n) is 32.4. The predicted octanol–water partition coefficient (Wildman–Crippen LogP) is 6.06. The molecule has 1 atom stereocenters. The quantitative estimate of drug-likeness (QED) is 0.131. The number of piperidine rings is 2. The molecule has 8 rings (SSSR count). The molecule has 5 heterocycles. The number of amides is 5. The summed E-state index contributed by atoms with van der Waals surface area (Å²) in [6.45, 7) is 7.36. The maximum absolute atomic E-state index is 13.4. The number of likely N-dealkylation sites (tertiary alicyclic amines) is 1. The number of aromatic nitrogens is 2. The number of imide groups is 2. The number of nitrogens with one attached hydrogen (secondary N) is 3. The molecule has 4 N–H and O–H groups in total. The summed E-state index contributed by atoms with van der Waals surface area (Å²) in [6, 6.07) is 13.2. The fourth-order valence-corrected chi connectivity index (χ4v) is 10.1. The van der Waals surface area contributed by atoms with Gasteiger partial charge in [-0.15, -0.1) is 11.3 Å². The summed E-state index contributed by atoms with van der Waals surface area (Å²) in [4.78, 5) is 76.5. The van der Waals surface area contributed by atoms with E-state index < -0.39 is 35.3 Å². The van der Waals surface area contributed by atoms with E-state index in [1.807, 2.05) is 18.2 Å². The van der Waals surface area contributed by atoms with Gasteiger partial charge in [-0.05, 0) is 127 Å². The van der Waals surface area contributed by atoms with Crippen LogP contribution in [0.4, 0.5) is 11.4 Å². The van der Waals surface area contributed by atoms with Gasteiger partial charge in [0.1, 0.15) is 11.7 Å². The summed E-state index contributed by atoms with van der Waals surface area (Å²) in [6.07, 6.45) is 9.51. The lowest BCUT2D eigenvalue weighted by Gasteiger charge is -2.36. The Labute approximate surface area is 335 Å². The van der Waals surface area contributed by atoms with Gasteiger partial charge >= 0.3 is 0 Å². The highest BCUT2D eigenvalue weighted by Gasteiger charge is 2.45. The molecule has 14 heteroatoms. The summed E-state index contributed by atoms with van der Waals surface area (Å²) in [7, 11) is 0. The number of carbonyl (C=O) groups is 5. The molecule has 1 aliphatic carbocycles. The van der Waals surface area contributed by atoms with Gasteiger partial charge in [0.25, 0.3) is 17.7 Å². The first kappa shape index (κ1) is 38.8. The molecule has 4 aromatic rings. The molecule has 2 aromatic carbocycles. The Kier molecular flexibility index (Phi) is 10.9. The highest BCUT2D eigenvalue weighted by Crippen LogP contribution is 2.42. The Morgan fingerprint density at radius 2 is 1.72 bits per heavy atom. The standard InChI is InChI=1S/C43H49N7O6S/c1-43(2,56)29-22-33-35(23-32(29)46-38(52)31-7-3-4-18-44-31)57-40(47-33)27-11-9-26(10-12-27)24-49-20-16-25(17-21-49)15-19-45-30-8-5-6-28-37(30)42(55)50(41(28)54)34-13-14-36(51)48-39(34)53/h3-8,18,22-23,25-27,34,45,56H,9-17,19-21,24H2,1-2H3,(H,46,52)(H,48,51,53)/t26-,27-,34?. The van der Waals surface area contributed by atoms with E-state index in [1.165, 1.54) is 0 Å². The number of fused-ring (bicyclic) bond motifs is 2. The van der Waals surface area contributed by atoms with Crippen molar-refractivity contribution in [3.05, 3.63) is 82.1 Å². The van der Waals surface area contributed by atoms with E-state index in [4.69, 9.17) is 4.98 Å². The van der Waals surface area contributed by atoms with Crippen LogP contribution in [-0.2, 0) is 15.2 Å². The monoisotopic (exact) mass is 791 g/mol. The molecule has 5 amide bonds. The summed E-state index contributed by atoms with van der Waals surface area (Å²) >= 11 is 1.68. The Hall–Kier alpha value is -5.05. The van der Waals surface area contributed by atoms with Gasteiger partial charge in [-0.3, -0.25) is 39.2 Å². The van der Waals surface area contributed by atoms with Gasteiger partial charge in [-0.1, -0.05) is 12.1 Å². The van der Waals surface area contributed by atoms with Gasteiger partial charge in [0, 0.05) is 48.6 Å². The molecule has 3 aliphatic heterocycles. The lowest BCUT2D eigenvalue weighted by Crippen LogP contribution is -2.54. The maximum atomic E-state index is 13.4. The number of rotatable bonds is 11. The van der Waals surface area contributed by atoms with Crippen LogP contribution >= 0.6 is 11.3 Å². The van der Waals surface area contributed by atoms with Crippen molar-refractivity contribution < 1.29 is 29.1 Å². The van der Waals surface area contributed by atoms with Crippen LogP contribution in [0.1, 0.15) is 119 Å². The van der Waals surface area contributed by atoms with Crippen LogP contribution in [0.5, 0.6) is 0 Å². The molecule has 0 bridgehead atoms. The van der Waals surface area contributed by atoms with Gasteiger partial charge in [0.2, 0.25) is 11.8 Å². The molecular formula is C43H49N7O6S. The predicted molar refractivity (Wildman–Crippen MR) is 217 cm³/mol. The van der Waals surface area contributed by atoms with E-state index in [0.717, 1.165) is 84.7 Å². The third-order valence-corrected chi connectivity index (χ3v) is 13.3. The molecule has 2 saturated heterocycles. The fraction of sp³-hybridized carbons (Fsp3) is 0.465. The third kappa shape index (κ3) is 8.21. The number of pyridine rings is 1. The molecule has 57 heavy (non-hydrogen) atoms. The van der Waals surface area contributed by atoms with E-state index in [2.05, 4.69) is 25.8 Å². The summed E-state index contributed by atoms with van der Waals surface area (Å²) in [5.74, 6) is -0.686. The molecule has 298 valence electrons. The number of hydrogen-bond donors (Lipinski definition) is 4. The van der Waals surface area contributed by atoms with Crippen molar-refractivity contribution in [1.29, 1.82) is 0 Å². The van der Waals surface area contributed by atoms with Crippen LogP contribution in [0.3, 0.4) is 0 Å². The molecule has 1 unspecified atom stereocenters. The highest BCUT2D eigenvalue weighted by molar-refractivity contribution is 7.18. The van der Waals surface area contributed by atoms with E-state index in [9.17, 15) is 29.1 Å². The van der Waals surface area contributed by atoms with Gasteiger partial charge < -0.3 is 20.6 Å². The number of thiazole rings is 1. The summed E-state index contributed by atoms with van der Waals surface area (Å²) < 4.78 is 0.988. The average molecular weight is 792 g/mol. The molecule has 3 fully saturated rings. The molecule has 1 saturated carbocycles. The Morgan fingerprint density at radius 3 is 2.44 bits per heavy atom. The lowest BCUT2D eigenvalue weighted by atomic mass is 9.81. The van der Waals surface area contributed by atoms with E-state index in [0.29, 0.717) is 52.5 Å². The number of benzene rings is 2. The lowest BCUT2D eigenvalue weighted by molar-refractivity contribution is -0.136. The van der Waals surface area contributed by atoms with E-state index in [-0.39, 0.29) is 24.3 Å². The normalized spacial score (nSPS) is 22.2. The number of hydrogen-bond acceptors (Lipinski definition) is 11. The molecule has 4 aliphatic rings. The summed E-state index contributed by atoms with van der Waals surface area (Å²) in [5, 5.41) is 20.7. The van der Waals surface area contributed by atoms with Crippen LogP contribution < -0.4 is 16.0 Å². The first-order valence-corrected chi connectivity index (χ1v) is 20.9. The minimum absolute atomic E-state index is 0.0905. The second-order valence-electron chi connectivity index (χ2n) is 16.5. The van der Waals surface area contributed by atoms with Crippen LogP contribution in [0, 0.1) is 11.8 Å². The number of nitrogens with zero attached hydrogens (tertiary/aromatic N) is 4. The molecule has 13 nitrogen and oxygen atoms in total.